The molecule has 2 aromatic carbocycles. The maximum Gasteiger partial charge on any atom is 0.355 e. The van der Waals surface area contributed by atoms with Crippen molar-refractivity contribution in [1.29, 1.82) is 0 Å². The van der Waals surface area contributed by atoms with E-state index in [1.807, 2.05) is 0 Å². The maximum absolute atomic E-state index is 12.4. The van der Waals surface area contributed by atoms with Gasteiger partial charge in [-0.2, -0.15) is 0 Å². The number of rotatable bonds is 6. The third-order valence-corrected chi connectivity index (χ3v) is 4.62. The number of H-pyrrole nitrogens is 1. The lowest BCUT2D eigenvalue weighted by Gasteiger charge is -2.08. The molecule has 0 unspecified atom stereocenters. The molecule has 0 saturated heterocycles. The second kappa shape index (κ2) is 9.03. The first-order valence-corrected chi connectivity index (χ1v) is 9.50. The number of esters is 1. The molecule has 1 aromatic heterocycles. The molecule has 29 heavy (non-hydrogen) atoms. The van der Waals surface area contributed by atoms with Crippen LogP contribution in [-0.2, 0) is 9.53 Å². The van der Waals surface area contributed by atoms with Gasteiger partial charge in [0.15, 0.2) is 0 Å². The van der Waals surface area contributed by atoms with Gasteiger partial charge in [0.2, 0.25) is 5.91 Å². The number of benzene rings is 2. The average molecular weight is 433 g/mol. The Kier molecular flexibility index (Phi) is 6.46. The van der Waals surface area contributed by atoms with Gasteiger partial charge in [0, 0.05) is 27.6 Å². The summed E-state index contributed by atoms with van der Waals surface area (Å²) < 4.78 is 10.3. The van der Waals surface area contributed by atoms with Gasteiger partial charge in [0.1, 0.15) is 11.4 Å². The quantitative estimate of drug-likeness (QED) is 0.408. The Morgan fingerprint density at radius 3 is 2.69 bits per heavy atom. The van der Waals surface area contributed by atoms with Crippen LogP contribution in [0.4, 0.5) is 5.69 Å². The highest BCUT2D eigenvalue weighted by Gasteiger charge is 2.20. The van der Waals surface area contributed by atoms with Gasteiger partial charge in [-0.3, -0.25) is 4.79 Å². The summed E-state index contributed by atoms with van der Waals surface area (Å²) in [6.45, 7) is 1.92. The normalized spacial score (nSPS) is 11.0. The molecule has 0 saturated carbocycles. The van der Waals surface area contributed by atoms with Gasteiger partial charge in [-0.1, -0.05) is 35.3 Å². The minimum absolute atomic E-state index is 0.187. The Balaban J connectivity index is 1.98. The summed E-state index contributed by atoms with van der Waals surface area (Å²) in [6, 6.07) is 10.3. The number of hydrogen-bond donors (Lipinski definition) is 2. The zero-order valence-electron chi connectivity index (χ0n) is 15.7. The number of aromatic nitrogens is 1. The van der Waals surface area contributed by atoms with Crippen molar-refractivity contribution in [2.24, 2.45) is 0 Å². The number of carbonyl (C=O) groups excluding carboxylic acids is 2. The van der Waals surface area contributed by atoms with Crippen molar-refractivity contribution in [3.05, 3.63) is 63.8 Å². The third kappa shape index (κ3) is 4.55. The van der Waals surface area contributed by atoms with Gasteiger partial charge in [-0.05, 0) is 37.3 Å². The van der Waals surface area contributed by atoms with E-state index in [9.17, 15) is 9.59 Å². The molecule has 0 aliphatic rings. The van der Waals surface area contributed by atoms with Crippen LogP contribution < -0.4 is 10.1 Å². The molecule has 2 N–H and O–H groups in total. The molecule has 0 aliphatic heterocycles. The van der Waals surface area contributed by atoms with Gasteiger partial charge in [0.25, 0.3) is 0 Å². The summed E-state index contributed by atoms with van der Waals surface area (Å²) in [5.74, 6) is -0.421. The van der Waals surface area contributed by atoms with Crippen LogP contribution in [0.1, 0.15) is 23.0 Å². The number of aromatic amines is 1. The summed E-state index contributed by atoms with van der Waals surface area (Å²) in [6.07, 6.45) is 2.82. The van der Waals surface area contributed by atoms with Crippen molar-refractivity contribution < 1.29 is 19.1 Å². The smallest absolute Gasteiger partial charge is 0.355 e. The van der Waals surface area contributed by atoms with Crippen LogP contribution in [-0.4, -0.2) is 30.6 Å². The molecule has 0 bridgehead atoms. The molecule has 1 amide bonds. The molecule has 6 nitrogen and oxygen atoms in total. The summed E-state index contributed by atoms with van der Waals surface area (Å²) in [7, 11) is 1.52. The Bertz CT molecular complexity index is 1110. The summed E-state index contributed by atoms with van der Waals surface area (Å²) in [5.41, 5.74) is 1.72. The number of fused-ring (bicyclic) bond motifs is 1. The Hall–Kier alpha value is -2.96. The second-order valence-corrected chi connectivity index (χ2v) is 6.81. The van der Waals surface area contributed by atoms with E-state index in [0.29, 0.717) is 37.9 Å². The molecule has 8 heteroatoms. The van der Waals surface area contributed by atoms with E-state index in [4.69, 9.17) is 32.7 Å². The molecule has 150 valence electrons. The van der Waals surface area contributed by atoms with Crippen LogP contribution in [0.25, 0.3) is 17.0 Å². The lowest BCUT2D eigenvalue weighted by atomic mass is 10.1. The second-order valence-electron chi connectivity index (χ2n) is 5.97. The number of carbonyl (C=O) groups is 2. The third-order valence-electron chi connectivity index (χ3n) is 4.10. The van der Waals surface area contributed by atoms with Crippen LogP contribution in [0.15, 0.2) is 42.5 Å². The van der Waals surface area contributed by atoms with Gasteiger partial charge < -0.3 is 19.8 Å². The van der Waals surface area contributed by atoms with Crippen molar-refractivity contribution in [2.75, 3.05) is 19.0 Å². The molecular formula is C21H18Cl2N2O4. The lowest BCUT2D eigenvalue weighted by molar-refractivity contribution is -0.111. The van der Waals surface area contributed by atoms with Gasteiger partial charge in [0.05, 0.1) is 24.4 Å². The van der Waals surface area contributed by atoms with Crippen molar-refractivity contribution in [3.8, 4) is 5.75 Å². The van der Waals surface area contributed by atoms with E-state index in [2.05, 4.69) is 10.3 Å². The first-order valence-electron chi connectivity index (χ1n) is 8.74. The molecule has 0 spiro atoms. The molecule has 1 heterocycles. The predicted molar refractivity (Wildman–Crippen MR) is 115 cm³/mol. The predicted octanol–water partition coefficient (Wildman–Crippen LogP) is 5.31. The fourth-order valence-electron chi connectivity index (χ4n) is 2.89. The van der Waals surface area contributed by atoms with E-state index in [-0.39, 0.29) is 12.3 Å². The molecule has 0 atom stereocenters. The van der Waals surface area contributed by atoms with Crippen LogP contribution >= 0.6 is 23.2 Å². The molecular weight excluding hydrogens is 415 g/mol. The zero-order chi connectivity index (χ0) is 21.0. The number of methoxy groups -OCH3 is 1. The monoisotopic (exact) mass is 432 g/mol. The molecule has 0 aliphatic carbocycles. The number of hydrogen-bond acceptors (Lipinski definition) is 4. The Morgan fingerprint density at radius 2 is 1.97 bits per heavy atom. The maximum atomic E-state index is 12.4. The van der Waals surface area contributed by atoms with Crippen molar-refractivity contribution in [2.45, 2.75) is 6.92 Å². The highest BCUT2D eigenvalue weighted by molar-refractivity contribution is 6.39. The topological polar surface area (TPSA) is 80.4 Å². The molecule has 0 fully saturated rings. The van der Waals surface area contributed by atoms with Crippen LogP contribution in [0, 0.1) is 0 Å². The zero-order valence-corrected chi connectivity index (χ0v) is 17.2. The van der Waals surface area contributed by atoms with Gasteiger partial charge >= 0.3 is 5.97 Å². The summed E-state index contributed by atoms with van der Waals surface area (Å²) in [5, 5.41) is 4.08. The fourth-order valence-corrected chi connectivity index (χ4v) is 3.48. The van der Waals surface area contributed by atoms with Crippen molar-refractivity contribution >= 4 is 57.7 Å². The molecule has 0 radical (unpaired) electrons. The number of nitrogens with one attached hydrogen (secondary N) is 2. The first-order chi connectivity index (χ1) is 13.9. The van der Waals surface area contributed by atoms with Crippen LogP contribution in [0.5, 0.6) is 5.75 Å². The first kappa shape index (κ1) is 20.8. The number of amides is 1. The van der Waals surface area contributed by atoms with Crippen LogP contribution in [0.3, 0.4) is 0 Å². The molecule has 3 aromatic rings. The standard InChI is InChI=1S/C21H18Cl2N2O4/c1-3-29-21(27)20-13(19-14(23)10-12(22)11-16(19)25-20)8-9-18(26)24-15-6-4-5-7-17(15)28-2/h4-11,25H,3H2,1-2H3,(H,24,26)/b9-8+. The fraction of sp³-hybridized carbons (Fsp3) is 0.143. The summed E-state index contributed by atoms with van der Waals surface area (Å²) in [4.78, 5) is 27.8. The molecule has 3 rings (SSSR count). The van der Waals surface area contributed by atoms with E-state index >= 15 is 0 Å². The number of anilines is 1. The Labute approximate surface area is 177 Å². The minimum Gasteiger partial charge on any atom is -0.495 e. The lowest BCUT2D eigenvalue weighted by Crippen LogP contribution is -2.09. The number of ether oxygens (including phenoxy) is 2. The van der Waals surface area contributed by atoms with Gasteiger partial charge in [-0.15, -0.1) is 0 Å². The van der Waals surface area contributed by atoms with E-state index in [1.165, 1.54) is 19.3 Å². The van der Waals surface area contributed by atoms with Crippen molar-refractivity contribution in [1.82, 2.24) is 4.98 Å². The number of halogens is 2. The highest BCUT2D eigenvalue weighted by Crippen LogP contribution is 2.33. The van der Waals surface area contributed by atoms with E-state index < -0.39 is 11.9 Å². The summed E-state index contributed by atoms with van der Waals surface area (Å²) >= 11 is 12.4. The van der Waals surface area contributed by atoms with Gasteiger partial charge in [-0.25, -0.2) is 4.79 Å². The van der Waals surface area contributed by atoms with E-state index in [1.54, 1.807) is 43.3 Å². The largest absolute Gasteiger partial charge is 0.495 e. The highest BCUT2D eigenvalue weighted by atomic mass is 35.5. The Morgan fingerprint density at radius 1 is 1.21 bits per heavy atom. The number of para-hydroxylation sites is 2. The van der Waals surface area contributed by atoms with Crippen molar-refractivity contribution in [3.63, 3.8) is 0 Å². The average Bonchev–Trinajstić information content (AvgIpc) is 3.05. The van der Waals surface area contributed by atoms with Crippen LogP contribution in [0.2, 0.25) is 10.0 Å². The minimum atomic E-state index is -0.555. The van der Waals surface area contributed by atoms with E-state index in [0.717, 1.165) is 0 Å². The SMILES string of the molecule is CCOC(=O)c1[nH]c2cc(Cl)cc(Cl)c2c1/C=C/C(=O)Nc1ccccc1OC.